The lowest BCUT2D eigenvalue weighted by molar-refractivity contribution is -0.116. The summed E-state index contributed by atoms with van der Waals surface area (Å²) in [5.41, 5.74) is 6.83. The SMILES string of the molecule is COc1ccc(N)c(NC(=O)CCn2cncn2)c1. The standard InChI is InChI=1S/C12H15N5O2/c1-19-9-2-3-10(13)11(6-9)16-12(18)4-5-17-8-14-7-15-17/h2-3,6-8H,4-5,13H2,1H3,(H,16,18). The minimum atomic E-state index is -0.143. The molecule has 0 spiro atoms. The predicted octanol–water partition coefficient (Wildman–Crippen LogP) is 0.898. The fourth-order valence-corrected chi connectivity index (χ4v) is 1.55. The molecule has 0 aliphatic rings. The summed E-state index contributed by atoms with van der Waals surface area (Å²) >= 11 is 0. The van der Waals surface area contributed by atoms with Gasteiger partial charge in [-0.1, -0.05) is 0 Å². The summed E-state index contributed by atoms with van der Waals surface area (Å²) in [5, 5.41) is 6.66. The van der Waals surface area contributed by atoms with E-state index in [-0.39, 0.29) is 5.91 Å². The molecule has 1 heterocycles. The van der Waals surface area contributed by atoms with Crippen LogP contribution in [0.3, 0.4) is 0 Å². The van der Waals surface area contributed by atoms with Crippen molar-refractivity contribution in [2.45, 2.75) is 13.0 Å². The summed E-state index contributed by atoms with van der Waals surface area (Å²) < 4.78 is 6.67. The number of aryl methyl sites for hydroxylation is 1. The zero-order valence-corrected chi connectivity index (χ0v) is 10.5. The Bertz CT molecular complexity index is 553. The van der Waals surface area contributed by atoms with Crippen molar-refractivity contribution in [3.63, 3.8) is 0 Å². The summed E-state index contributed by atoms with van der Waals surface area (Å²) in [7, 11) is 1.56. The fraction of sp³-hybridized carbons (Fsp3) is 0.250. The highest BCUT2D eigenvalue weighted by molar-refractivity contribution is 5.94. The topological polar surface area (TPSA) is 95.1 Å². The average Bonchev–Trinajstić information content (AvgIpc) is 2.92. The zero-order chi connectivity index (χ0) is 13.7. The third kappa shape index (κ3) is 3.44. The van der Waals surface area contributed by atoms with Crippen molar-refractivity contribution in [3.05, 3.63) is 30.9 Å². The molecule has 2 rings (SSSR count). The Morgan fingerprint density at radius 2 is 2.37 bits per heavy atom. The molecule has 0 atom stereocenters. The monoisotopic (exact) mass is 261 g/mol. The van der Waals surface area contributed by atoms with Gasteiger partial charge in [0.05, 0.1) is 25.0 Å². The van der Waals surface area contributed by atoms with E-state index in [1.165, 1.54) is 6.33 Å². The van der Waals surface area contributed by atoms with Crippen LogP contribution in [-0.4, -0.2) is 27.8 Å². The Hall–Kier alpha value is -2.57. The molecule has 0 saturated heterocycles. The number of nitrogens with one attached hydrogen (secondary N) is 1. The van der Waals surface area contributed by atoms with E-state index in [1.807, 2.05) is 0 Å². The fourth-order valence-electron chi connectivity index (χ4n) is 1.55. The number of nitrogen functional groups attached to an aromatic ring is 1. The number of hydrogen-bond donors (Lipinski definition) is 2. The van der Waals surface area contributed by atoms with Gasteiger partial charge in [0.1, 0.15) is 18.4 Å². The number of rotatable bonds is 5. The molecule has 19 heavy (non-hydrogen) atoms. The molecule has 0 aliphatic heterocycles. The van der Waals surface area contributed by atoms with Crippen LogP contribution in [-0.2, 0) is 11.3 Å². The number of benzene rings is 1. The molecule has 1 aromatic heterocycles. The van der Waals surface area contributed by atoms with Gasteiger partial charge < -0.3 is 15.8 Å². The smallest absolute Gasteiger partial charge is 0.226 e. The average molecular weight is 261 g/mol. The number of anilines is 2. The second-order valence-electron chi connectivity index (χ2n) is 3.91. The van der Waals surface area contributed by atoms with Crippen LogP contribution < -0.4 is 15.8 Å². The number of carbonyl (C=O) groups is 1. The molecule has 0 fully saturated rings. The van der Waals surface area contributed by atoms with Crippen molar-refractivity contribution in [2.75, 3.05) is 18.2 Å². The first-order chi connectivity index (χ1) is 9.19. The molecular weight excluding hydrogens is 246 g/mol. The minimum absolute atomic E-state index is 0.143. The molecular formula is C12H15N5O2. The van der Waals surface area contributed by atoms with Crippen LogP contribution >= 0.6 is 0 Å². The Morgan fingerprint density at radius 1 is 1.53 bits per heavy atom. The van der Waals surface area contributed by atoms with E-state index >= 15 is 0 Å². The number of nitrogens with two attached hydrogens (primary N) is 1. The molecule has 0 radical (unpaired) electrons. The van der Waals surface area contributed by atoms with Crippen LogP contribution in [0.1, 0.15) is 6.42 Å². The lowest BCUT2D eigenvalue weighted by Gasteiger charge is -2.09. The van der Waals surface area contributed by atoms with E-state index in [2.05, 4.69) is 15.4 Å². The van der Waals surface area contributed by atoms with Gasteiger partial charge in [-0.05, 0) is 12.1 Å². The van der Waals surface area contributed by atoms with Crippen molar-refractivity contribution in [1.29, 1.82) is 0 Å². The molecule has 1 aromatic carbocycles. The van der Waals surface area contributed by atoms with Crippen LogP contribution in [0.2, 0.25) is 0 Å². The molecule has 3 N–H and O–H groups in total. The molecule has 2 aromatic rings. The van der Waals surface area contributed by atoms with E-state index in [0.29, 0.717) is 30.1 Å². The summed E-state index contributed by atoms with van der Waals surface area (Å²) in [6, 6.07) is 5.11. The van der Waals surface area contributed by atoms with Gasteiger partial charge in [-0.2, -0.15) is 5.10 Å². The van der Waals surface area contributed by atoms with Gasteiger partial charge in [-0.15, -0.1) is 0 Å². The van der Waals surface area contributed by atoms with Gasteiger partial charge in [-0.3, -0.25) is 9.48 Å². The molecule has 7 heteroatoms. The maximum atomic E-state index is 11.8. The van der Waals surface area contributed by atoms with E-state index < -0.39 is 0 Å². The van der Waals surface area contributed by atoms with Crippen LogP contribution in [0, 0.1) is 0 Å². The summed E-state index contributed by atoms with van der Waals surface area (Å²) in [4.78, 5) is 15.6. The second-order valence-corrected chi connectivity index (χ2v) is 3.91. The first kappa shape index (κ1) is 12.9. The molecule has 7 nitrogen and oxygen atoms in total. The Balaban J connectivity index is 1.94. The number of aromatic nitrogens is 3. The van der Waals surface area contributed by atoms with E-state index in [9.17, 15) is 4.79 Å². The normalized spacial score (nSPS) is 10.2. The van der Waals surface area contributed by atoms with Crippen LogP contribution in [0.15, 0.2) is 30.9 Å². The van der Waals surface area contributed by atoms with Crippen molar-refractivity contribution >= 4 is 17.3 Å². The Labute approximate surface area is 110 Å². The van der Waals surface area contributed by atoms with Crippen LogP contribution in [0.5, 0.6) is 5.75 Å². The number of ether oxygens (including phenoxy) is 1. The van der Waals surface area contributed by atoms with Gasteiger partial charge in [0, 0.05) is 12.5 Å². The van der Waals surface area contributed by atoms with Gasteiger partial charge in [0.2, 0.25) is 5.91 Å². The summed E-state index contributed by atoms with van der Waals surface area (Å²) in [6.07, 6.45) is 3.28. The van der Waals surface area contributed by atoms with Gasteiger partial charge in [-0.25, -0.2) is 4.98 Å². The highest BCUT2D eigenvalue weighted by Gasteiger charge is 2.07. The third-order valence-corrected chi connectivity index (χ3v) is 2.57. The highest BCUT2D eigenvalue weighted by Crippen LogP contribution is 2.24. The molecule has 100 valence electrons. The lowest BCUT2D eigenvalue weighted by Crippen LogP contribution is -2.15. The number of nitrogens with zero attached hydrogens (tertiary/aromatic N) is 3. The zero-order valence-electron chi connectivity index (χ0n) is 10.5. The first-order valence-electron chi connectivity index (χ1n) is 5.75. The molecule has 0 aliphatic carbocycles. The van der Waals surface area contributed by atoms with E-state index in [4.69, 9.17) is 10.5 Å². The Morgan fingerprint density at radius 3 is 3.05 bits per heavy atom. The van der Waals surface area contributed by atoms with Gasteiger partial charge >= 0.3 is 0 Å². The maximum Gasteiger partial charge on any atom is 0.226 e. The third-order valence-electron chi connectivity index (χ3n) is 2.57. The lowest BCUT2D eigenvalue weighted by atomic mass is 10.2. The van der Waals surface area contributed by atoms with Gasteiger partial charge in [0.15, 0.2) is 0 Å². The number of amides is 1. The quantitative estimate of drug-likeness (QED) is 0.780. The van der Waals surface area contributed by atoms with Crippen molar-refractivity contribution in [3.8, 4) is 5.75 Å². The largest absolute Gasteiger partial charge is 0.497 e. The first-order valence-corrected chi connectivity index (χ1v) is 5.75. The van der Waals surface area contributed by atoms with E-state index in [0.717, 1.165) is 0 Å². The van der Waals surface area contributed by atoms with Crippen LogP contribution in [0.4, 0.5) is 11.4 Å². The van der Waals surface area contributed by atoms with E-state index in [1.54, 1.807) is 36.3 Å². The number of methoxy groups -OCH3 is 1. The summed E-state index contributed by atoms with van der Waals surface area (Å²) in [5.74, 6) is 0.497. The van der Waals surface area contributed by atoms with Crippen LogP contribution in [0.25, 0.3) is 0 Å². The minimum Gasteiger partial charge on any atom is -0.497 e. The van der Waals surface area contributed by atoms with Crippen molar-refractivity contribution in [1.82, 2.24) is 14.8 Å². The summed E-state index contributed by atoms with van der Waals surface area (Å²) in [6.45, 7) is 0.468. The molecule has 0 unspecified atom stereocenters. The molecule has 0 saturated carbocycles. The van der Waals surface area contributed by atoms with Crippen molar-refractivity contribution in [2.24, 2.45) is 0 Å². The highest BCUT2D eigenvalue weighted by atomic mass is 16.5. The second kappa shape index (κ2) is 5.85. The molecule has 0 bridgehead atoms. The number of hydrogen-bond acceptors (Lipinski definition) is 5. The molecule has 1 amide bonds. The van der Waals surface area contributed by atoms with Crippen molar-refractivity contribution < 1.29 is 9.53 Å². The maximum absolute atomic E-state index is 11.8. The van der Waals surface area contributed by atoms with Gasteiger partial charge in [0.25, 0.3) is 0 Å². The predicted molar refractivity (Wildman–Crippen MR) is 70.7 cm³/mol. The Kier molecular flexibility index (Phi) is 3.97. The number of carbonyl (C=O) groups excluding carboxylic acids is 1.